The van der Waals surface area contributed by atoms with Crippen LogP contribution in [0.15, 0.2) is 42.5 Å². The van der Waals surface area contributed by atoms with Gasteiger partial charge in [-0.1, -0.05) is 61.7 Å². The number of benzene rings is 2. The van der Waals surface area contributed by atoms with E-state index < -0.39 is 48.3 Å². The first kappa shape index (κ1) is 36.4. The molecule has 0 radical (unpaired) electrons. The molecule has 2 aromatic carbocycles. The highest BCUT2D eigenvalue weighted by Gasteiger charge is 2.47. The number of rotatable bonds is 12. The van der Waals surface area contributed by atoms with Gasteiger partial charge in [-0.2, -0.15) is 0 Å². The first-order valence-corrected chi connectivity index (χ1v) is 17.8. The van der Waals surface area contributed by atoms with Gasteiger partial charge in [-0.05, 0) is 61.3 Å². The molecule has 2 aliphatic heterocycles. The minimum atomic E-state index is -1.07. The Morgan fingerprint density at radius 1 is 0.918 bits per heavy atom. The van der Waals surface area contributed by atoms with Gasteiger partial charge in [0.2, 0.25) is 5.91 Å². The Labute approximate surface area is 288 Å². The van der Waals surface area contributed by atoms with E-state index in [1.807, 2.05) is 42.5 Å². The maximum absolute atomic E-state index is 13.1. The second-order valence-electron chi connectivity index (χ2n) is 13.6. The van der Waals surface area contributed by atoms with Crippen LogP contribution in [0.5, 0.6) is 0 Å². The number of methoxy groups -OCH3 is 1. The van der Waals surface area contributed by atoms with Crippen molar-refractivity contribution >= 4 is 34.8 Å². The maximum atomic E-state index is 13.1. The number of ether oxygens (including phenoxy) is 5. The van der Waals surface area contributed by atoms with Gasteiger partial charge in [0.05, 0.1) is 19.3 Å². The maximum Gasteiger partial charge on any atom is 0.407 e. The van der Waals surface area contributed by atoms with E-state index in [-0.39, 0.29) is 18.9 Å². The number of alkyl carbamates (subject to hydrolysis) is 2. The van der Waals surface area contributed by atoms with Crippen molar-refractivity contribution in [3.05, 3.63) is 48.0 Å². The average molecular weight is 682 g/mol. The Balaban J connectivity index is 1.18. The smallest absolute Gasteiger partial charge is 0.407 e. The number of carbonyl (C=O) groups is 4. The fourth-order valence-electron chi connectivity index (χ4n) is 7.25. The molecule has 3 aliphatic rings. The fourth-order valence-corrected chi connectivity index (χ4v) is 7.25. The Hall–Kier alpha value is -3.90. The molecule has 268 valence electrons. The molecule has 0 unspecified atom stereocenters. The van der Waals surface area contributed by atoms with E-state index in [2.05, 4.69) is 16.0 Å². The van der Waals surface area contributed by atoms with Gasteiger partial charge in [0.1, 0.15) is 18.8 Å². The Morgan fingerprint density at radius 2 is 1.69 bits per heavy atom. The van der Waals surface area contributed by atoms with Crippen molar-refractivity contribution in [3.8, 4) is 0 Å². The standard InChI is InChI=1S/C37H51N3O9/c1-25(34(42)45-2)40-33(41)18-17-29-20-31(47-36(44)39-23-28-14-8-13-27-12-6-7-16-32(27)28)21-37(48-29)19-9-15-30(49-37)24-46-35(43)38-22-26-10-4-3-5-11-26/h6-8,12-14,16,25-26,29-31H,3-5,9-11,15,17-24H2,1-2H3,(H,38,43)(H,39,44)(H,40,41)/t25-,29+,30+,31+,37-/m0/s1. The third-order valence-electron chi connectivity index (χ3n) is 9.77. The summed E-state index contributed by atoms with van der Waals surface area (Å²) in [6.07, 6.45) is 6.65. The van der Waals surface area contributed by atoms with Gasteiger partial charge in [0, 0.05) is 38.8 Å². The van der Waals surface area contributed by atoms with Crippen molar-refractivity contribution in [2.24, 2.45) is 5.92 Å². The normalized spacial score (nSPS) is 24.8. The van der Waals surface area contributed by atoms with E-state index in [1.54, 1.807) is 6.92 Å². The lowest BCUT2D eigenvalue weighted by Crippen LogP contribution is -2.53. The fraction of sp³-hybridized carbons (Fsp3) is 0.622. The molecule has 0 aromatic heterocycles. The summed E-state index contributed by atoms with van der Waals surface area (Å²) in [5.74, 6) is -1.42. The number of nitrogens with one attached hydrogen (secondary N) is 3. The molecule has 3 fully saturated rings. The zero-order chi connectivity index (χ0) is 34.6. The summed E-state index contributed by atoms with van der Waals surface area (Å²) >= 11 is 0. The van der Waals surface area contributed by atoms with Crippen LogP contribution < -0.4 is 16.0 Å². The highest BCUT2D eigenvalue weighted by molar-refractivity contribution is 5.86. The van der Waals surface area contributed by atoms with Crippen molar-refractivity contribution < 1.29 is 42.9 Å². The molecule has 1 saturated carbocycles. The van der Waals surface area contributed by atoms with E-state index >= 15 is 0 Å². The SMILES string of the molecule is COC(=O)[C@H](C)NC(=O)CC[C@@H]1C[C@@H](OC(=O)NCc2cccc3ccccc23)C[C@@]2(CCC[C@H](COC(=O)NCC3CCCCC3)O2)O1. The van der Waals surface area contributed by atoms with Crippen LogP contribution in [0.25, 0.3) is 10.8 Å². The van der Waals surface area contributed by atoms with Crippen LogP contribution in [0.2, 0.25) is 0 Å². The van der Waals surface area contributed by atoms with Gasteiger partial charge in [0.15, 0.2) is 5.79 Å². The van der Waals surface area contributed by atoms with E-state index in [0.717, 1.165) is 35.6 Å². The summed E-state index contributed by atoms with van der Waals surface area (Å²) in [6.45, 7) is 2.56. The zero-order valence-electron chi connectivity index (χ0n) is 28.7. The molecule has 1 aliphatic carbocycles. The summed E-state index contributed by atoms with van der Waals surface area (Å²) in [6, 6.07) is 13.2. The van der Waals surface area contributed by atoms with Crippen molar-refractivity contribution in [1.82, 2.24) is 16.0 Å². The molecular weight excluding hydrogens is 630 g/mol. The summed E-state index contributed by atoms with van der Waals surface area (Å²) < 4.78 is 29.2. The van der Waals surface area contributed by atoms with Gasteiger partial charge < -0.3 is 39.6 Å². The molecule has 12 nitrogen and oxygen atoms in total. The molecule has 2 saturated heterocycles. The largest absolute Gasteiger partial charge is 0.467 e. The third-order valence-corrected chi connectivity index (χ3v) is 9.77. The molecule has 1 spiro atoms. The zero-order valence-corrected chi connectivity index (χ0v) is 28.7. The van der Waals surface area contributed by atoms with Crippen LogP contribution in [-0.4, -0.2) is 74.5 Å². The number of hydrogen-bond acceptors (Lipinski definition) is 9. The first-order chi connectivity index (χ1) is 23.7. The molecule has 49 heavy (non-hydrogen) atoms. The van der Waals surface area contributed by atoms with Crippen molar-refractivity contribution in [2.75, 3.05) is 20.3 Å². The van der Waals surface area contributed by atoms with Crippen molar-refractivity contribution in [3.63, 3.8) is 0 Å². The highest BCUT2D eigenvalue weighted by Crippen LogP contribution is 2.41. The number of fused-ring (bicyclic) bond motifs is 1. The van der Waals surface area contributed by atoms with Crippen LogP contribution >= 0.6 is 0 Å². The Morgan fingerprint density at radius 3 is 2.51 bits per heavy atom. The summed E-state index contributed by atoms with van der Waals surface area (Å²) in [5, 5.41) is 10.6. The molecule has 12 heteroatoms. The van der Waals surface area contributed by atoms with Gasteiger partial charge in [0.25, 0.3) is 0 Å². The van der Waals surface area contributed by atoms with E-state index in [1.165, 1.54) is 26.4 Å². The van der Waals surface area contributed by atoms with Crippen LogP contribution in [0, 0.1) is 5.92 Å². The summed E-state index contributed by atoms with van der Waals surface area (Å²) in [5.41, 5.74) is 0.977. The predicted molar refractivity (Wildman–Crippen MR) is 181 cm³/mol. The number of carbonyl (C=O) groups excluding carboxylic acids is 4. The van der Waals surface area contributed by atoms with Crippen LogP contribution in [0.3, 0.4) is 0 Å². The monoisotopic (exact) mass is 681 g/mol. The van der Waals surface area contributed by atoms with E-state index in [4.69, 9.17) is 23.7 Å². The Kier molecular flexibility index (Phi) is 13.1. The predicted octanol–water partition coefficient (Wildman–Crippen LogP) is 5.64. The lowest BCUT2D eigenvalue weighted by Gasteiger charge is -2.47. The molecule has 5 rings (SSSR count). The first-order valence-electron chi connectivity index (χ1n) is 17.8. The second-order valence-corrected chi connectivity index (χ2v) is 13.6. The number of amides is 3. The quantitative estimate of drug-likeness (QED) is 0.191. The minimum absolute atomic E-state index is 0.0805. The highest BCUT2D eigenvalue weighted by atomic mass is 16.7. The summed E-state index contributed by atoms with van der Waals surface area (Å²) in [7, 11) is 1.27. The minimum Gasteiger partial charge on any atom is -0.467 e. The van der Waals surface area contributed by atoms with E-state index in [9.17, 15) is 19.2 Å². The lowest BCUT2D eigenvalue weighted by atomic mass is 9.89. The van der Waals surface area contributed by atoms with E-state index in [0.29, 0.717) is 51.1 Å². The van der Waals surface area contributed by atoms with Gasteiger partial charge >= 0.3 is 18.2 Å². The van der Waals surface area contributed by atoms with Crippen molar-refractivity contribution in [2.45, 2.75) is 121 Å². The third kappa shape index (κ3) is 10.8. The van der Waals surface area contributed by atoms with Crippen LogP contribution in [-0.2, 0) is 39.8 Å². The van der Waals surface area contributed by atoms with Crippen LogP contribution in [0.4, 0.5) is 9.59 Å². The van der Waals surface area contributed by atoms with Crippen molar-refractivity contribution in [1.29, 1.82) is 0 Å². The van der Waals surface area contributed by atoms with Crippen LogP contribution in [0.1, 0.15) is 89.5 Å². The molecule has 2 heterocycles. The molecular formula is C37H51N3O9. The number of esters is 1. The molecule has 5 atom stereocenters. The Bertz CT molecular complexity index is 1430. The van der Waals surface area contributed by atoms with Gasteiger partial charge in [-0.25, -0.2) is 14.4 Å². The molecule has 3 amide bonds. The second kappa shape index (κ2) is 17.7. The van der Waals surface area contributed by atoms with Gasteiger partial charge in [-0.15, -0.1) is 0 Å². The lowest BCUT2D eigenvalue weighted by molar-refractivity contribution is -0.329. The average Bonchev–Trinajstić information content (AvgIpc) is 3.11. The topological polar surface area (TPSA) is 151 Å². The molecule has 2 aromatic rings. The molecule has 0 bridgehead atoms. The summed E-state index contributed by atoms with van der Waals surface area (Å²) in [4.78, 5) is 50.0. The molecule has 3 N–H and O–H groups in total. The number of hydrogen-bond donors (Lipinski definition) is 3. The van der Waals surface area contributed by atoms with Gasteiger partial charge in [-0.3, -0.25) is 4.79 Å².